The van der Waals surface area contributed by atoms with Gasteiger partial charge in [0.2, 0.25) is 5.91 Å². The molecule has 0 saturated heterocycles. The second-order valence-electron chi connectivity index (χ2n) is 9.47. The Kier molecular flexibility index (Phi) is 33.8. The average molecular weight is 596 g/mol. The number of ether oxygens (including phenoxy) is 2. The number of rotatable bonds is 25. The molecule has 10 nitrogen and oxygen atoms in total. The summed E-state index contributed by atoms with van der Waals surface area (Å²) < 4.78 is 25.4. The zero-order valence-corrected chi connectivity index (χ0v) is 29.7. The summed E-state index contributed by atoms with van der Waals surface area (Å²) in [6, 6.07) is 0. The summed E-state index contributed by atoms with van der Waals surface area (Å²) in [5.41, 5.74) is 0. The molecule has 0 aromatic carbocycles. The fourth-order valence-electron chi connectivity index (χ4n) is 3.74. The van der Waals surface area contributed by atoms with Crippen molar-refractivity contribution in [1.82, 2.24) is 5.32 Å². The second kappa shape index (κ2) is 30.0. The molecule has 0 rings (SSSR count). The summed E-state index contributed by atoms with van der Waals surface area (Å²) >= 11 is 0. The molecule has 0 unspecified atom stereocenters. The van der Waals surface area contributed by atoms with Crippen LogP contribution >= 0.6 is 7.82 Å². The van der Waals surface area contributed by atoms with Crippen LogP contribution in [0.5, 0.6) is 0 Å². The minimum atomic E-state index is -5.25. The van der Waals surface area contributed by atoms with Crippen LogP contribution in [-0.4, -0.2) is 43.7 Å². The third-order valence-corrected chi connectivity index (χ3v) is 6.28. The zero-order valence-electron chi connectivity index (χ0n) is 24.8. The maximum atomic E-state index is 12.1. The number of hydrogen-bond donors (Lipinski definition) is 1. The van der Waals surface area contributed by atoms with Crippen molar-refractivity contribution in [2.45, 2.75) is 129 Å². The van der Waals surface area contributed by atoms with E-state index in [4.69, 9.17) is 9.47 Å². The van der Waals surface area contributed by atoms with Gasteiger partial charge in [0.15, 0.2) is 6.10 Å². The second-order valence-corrected chi connectivity index (χ2v) is 10.6. The van der Waals surface area contributed by atoms with Crippen LogP contribution in [0.2, 0.25) is 0 Å². The van der Waals surface area contributed by atoms with Gasteiger partial charge in [0, 0.05) is 26.3 Å². The van der Waals surface area contributed by atoms with E-state index in [1.807, 2.05) is 0 Å². The predicted molar refractivity (Wildman–Crippen MR) is 137 cm³/mol. The molecular formula is C26H48NNa2O9P. The van der Waals surface area contributed by atoms with Gasteiger partial charge in [-0.25, -0.2) is 0 Å². The average Bonchev–Trinajstić information content (AvgIpc) is 2.83. The Morgan fingerprint density at radius 3 is 1.67 bits per heavy atom. The molecule has 0 aliphatic carbocycles. The van der Waals surface area contributed by atoms with Crippen LogP contribution in [0.1, 0.15) is 123 Å². The van der Waals surface area contributed by atoms with Crippen molar-refractivity contribution < 1.29 is 102 Å². The number of phosphoric acid groups is 1. The fourth-order valence-corrected chi connectivity index (χ4v) is 4.09. The van der Waals surface area contributed by atoms with Crippen molar-refractivity contribution >= 4 is 25.7 Å². The number of carbonyl (C=O) groups excluding carboxylic acids is 3. The SMILES string of the molecule is CCCCCCCCCCCCC(=O)O[C@@H](COC(=O)CCCCCCCNC(C)=O)COP(=O)([O-])[O-].[Na+].[Na+]. The molecule has 1 atom stereocenters. The first-order chi connectivity index (χ1) is 17.6. The topological polar surface area (TPSA) is 154 Å². The molecule has 0 fully saturated rings. The summed E-state index contributed by atoms with van der Waals surface area (Å²) in [5, 5.41) is 2.73. The summed E-state index contributed by atoms with van der Waals surface area (Å²) in [7, 11) is -5.25. The van der Waals surface area contributed by atoms with Gasteiger partial charge >= 0.3 is 71.1 Å². The van der Waals surface area contributed by atoms with Gasteiger partial charge in [0.1, 0.15) is 6.61 Å². The Morgan fingerprint density at radius 1 is 0.718 bits per heavy atom. The first-order valence-electron chi connectivity index (χ1n) is 13.9. The van der Waals surface area contributed by atoms with Crippen molar-refractivity contribution in [2.75, 3.05) is 19.8 Å². The van der Waals surface area contributed by atoms with Crippen LogP contribution in [0.4, 0.5) is 0 Å². The molecule has 0 saturated carbocycles. The van der Waals surface area contributed by atoms with E-state index in [1.165, 1.54) is 45.4 Å². The first kappa shape index (κ1) is 44.0. The molecular weight excluding hydrogens is 547 g/mol. The molecule has 0 aromatic rings. The van der Waals surface area contributed by atoms with E-state index in [2.05, 4.69) is 16.8 Å². The van der Waals surface area contributed by atoms with Crippen LogP contribution in [0, 0.1) is 0 Å². The van der Waals surface area contributed by atoms with Gasteiger partial charge in [-0.05, 0) is 19.3 Å². The number of carbonyl (C=O) groups is 3. The molecule has 1 N–H and O–H groups in total. The summed E-state index contributed by atoms with van der Waals surface area (Å²) in [5.74, 6) is -1.10. The van der Waals surface area contributed by atoms with Crippen LogP contribution in [-0.2, 0) is 32.9 Å². The normalized spacial score (nSPS) is 11.6. The van der Waals surface area contributed by atoms with Gasteiger partial charge in [-0.3, -0.25) is 14.4 Å². The number of hydrogen-bond acceptors (Lipinski definition) is 9. The zero-order chi connectivity index (χ0) is 27.8. The fraction of sp³-hybridized carbons (Fsp3) is 0.885. The van der Waals surface area contributed by atoms with Gasteiger partial charge in [0.25, 0.3) is 0 Å². The third-order valence-electron chi connectivity index (χ3n) is 5.81. The molecule has 0 heterocycles. The Balaban J connectivity index is -0.00000648. The smallest absolute Gasteiger partial charge is 0.790 e. The van der Waals surface area contributed by atoms with Gasteiger partial charge < -0.3 is 33.7 Å². The van der Waals surface area contributed by atoms with Crippen molar-refractivity contribution in [1.29, 1.82) is 0 Å². The minimum absolute atomic E-state index is 0. The monoisotopic (exact) mass is 595 g/mol. The van der Waals surface area contributed by atoms with Gasteiger partial charge in [-0.2, -0.15) is 0 Å². The van der Waals surface area contributed by atoms with Crippen LogP contribution in [0.15, 0.2) is 0 Å². The molecule has 0 bridgehead atoms. The third kappa shape index (κ3) is 34.6. The Bertz CT molecular complexity index is 665. The number of phosphoric ester groups is 1. The van der Waals surface area contributed by atoms with Gasteiger partial charge in [-0.15, -0.1) is 0 Å². The minimum Gasteiger partial charge on any atom is -0.790 e. The molecule has 0 radical (unpaired) electrons. The number of unbranched alkanes of at least 4 members (excludes halogenated alkanes) is 13. The van der Waals surface area contributed by atoms with E-state index in [0.29, 0.717) is 19.4 Å². The predicted octanol–water partition coefficient (Wildman–Crippen LogP) is -1.92. The molecule has 1 amide bonds. The summed E-state index contributed by atoms with van der Waals surface area (Å²) in [6.07, 6.45) is 14.6. The molecule has 0 aromatic heterocycles. The van der Waals surface area contributed by atoms with E-state index in [9.17, 15) is 28.7 Å². The summed E-state index contributed by atoms with van der Waals surface area (Å²) in [6.45, 7) is 3.25. The van der Waals surface area contributed by atoms with E-state index in [-0.39, 0.29) is 84.5 Å². The first-order valence-corrected chi connectivity index (χ1v) is 15.4. The van der Waals surface area contributed by atoms with E-state index in [1.54, 1.807) is 0 Å². The maximum Gasteiger partial charge on any atom is 1.00 e. The van der Waals surface area contributed by atoms with Crippen molar-refractivity contribution in [3.8, 4) is 0 Å². The van der Waals surface area contributed by atoms with Crippen LogP contribution in [0.3, 0.4) is 0 Å². The molecule has 0 aliphatic heterocycles. The van der Waals surface area contributed by atoms with E-state index >= 15 is 0 Å². The number of esters is 2. The number of nitrogens with one attached hydrogen (secondary N) is 1. The largest absolute Gasteiger partial charge is 1.00 e. The van der Waals surface area contributed by atoms with Crippen molar-refractivity contribution in [3.63, 3.8) is 0 Å². The standard InChI is InChI=1S/C26H50NO9P.2Na/c1-3-4-5-6-7-8-9-10-12-16-19-26(30)36-24(22-35-37(31,32)33)21-34-25(29)18-15-13-11-14-17-20-27-23(2)28;;/h24H,3-22H2,1-2H3,(H,27,28)(H2,31,32,33);;/q;2*+1/p-2/t24-;;/m0../s1. The molecule has 13 heteroatoms. The van der Waals surface area contributed by atoms with Gasteiger partial charge in [-0.1, -0.05) is 84.0 Å². The van der Waals surface area contributed by atoms with Crippen molar-refractivity contribution in [3.05, 3.63) is 0 Å². The molecule has 0 spiro atoms. The van der Waals surface area contributed by atoms with Crippen LogP contribution < -0.4 is 74.2 Å². The maximum absolute atomic E-state index is 12.1. The Hall–Kier alpha value is 0.520. The summed E-state index contributed by atoms with van der Waals surface area (Å²) in [4.78, 5) is 56.6. The quantitative estimate of drug-likeness (QED) is 0.0551. The number of amides is 1. The molecule has 0 aliphatic rings. The Morgan fingerprint density at radius 2 is 1.18 bits per heavy atom. The molecule has 39 heavy (non-hydrogen) atoms. The van der Waals surface area contributed by atoms with Gasteiger partial charge in [0.05, 0.1) is 14.4 Å². The molecule has 218 valence electrons. The van der Waals surface area contributed by atoms with Crippen LogP contribution in [0.25, 0.3) is 0 Å². The van der Waals surface area contributed by atoms with Crippen molar-refractivity contribution in [2.24, 2.45) is 0 Å². The van der Waals surface area contributed by atoms with E-state index < -0.39 is 32.5 Å². The van der Waals surface area contributed by atoms with E-state index in [0.717, 1.165) is 44.9 Å². The Labute approximate surface area is 279 Å².